The van der Waals surface area contributed by atoms with Crippen molar-refractivity contribution in [3.05, 3.63) is 23.8 Å². The maximum absolute atomic E-state index is 4.47. The molecule has 2 aliphatic heterocycles. The Bertz CT molecular complexity index is 457. The van der Waals surface area contributed by atoms with E-state index in [-0.39, 0.29) is 0 Å². The fraction of sp³-hybridized carbons (Fsp3) is 0.733. The molecule has 0 radical (unpaired) electrons. The standard InChI is InChI=1S/C15H22N4/c1-11-15(17-5-4-16-11)10-18-6-12-8-19(14-2-3-14)9-13(12)7-18/h4-5,12-14H,2-3,6-10H2,1H3. The lowest BCUT2D eigenvalue weighted by molar-refractivity contribution is 0.243. The molecular weight excluding hydrogens is 236 g/mol. The van der Waals surface area contributed by atoms with Crippen molar-refractivity contribution < 1.29 is 0 Å². The zero-order chi connectivity index (χ0) is 12.8. The molecule has 1 aromatic rings. The van der Waals surface area contributed by atoms with Gasteiger partial charge in [-0.3, -0.25) is 19.8 Å². The summed E-state index contributed by atoms with van der Waals surface area (Å²) in [7, 11) is 0. The van der Waals surface area contributed by atoms with Crippen LogP contribution in [-0.4, -0.2) is 52.0 Å². The van der Waals surface area contributed by atoms with Crippen LogP contribution in [0.25, 0.3) is 0 Å². The molecule has 3 fully saturated rings. The Labute approximate surface area is 114 Å². The van der Waals surface area contributed by atoms with Gasteiger partial charge >= 0.3 is 0 Å². The maximum atomic E-state index is 4.47. The van der Waals surface area contributed by atoms with Gasteiger partial charge in [0, 0.05) is 51.2 Å². The van der Waals surface area contributed by atoms with Gasteiger partial charge in [0.15, 0.2) is 0 Å². The summed E-state index contributed by atoms with van der Waals surface area (Å²) in [5.41, 5.74) is 2.24. The first-order chi connectivity index (χ1) is 9.29. The fourth-order valence-corrected chi connectivity index (χ4v) is 3.80. The number of hydrogen-bond donors (Lipinski definition) is 0. The van der Waals surface area contributed by atoms with E-state index < -0.39 is 0 Å². The van der Waals surface area contributed by atoms with Crippen molar-refractivity contribution in [1.82, 2.24) is 19.8 Å². The number of aryl methyl sites for hydroxylation is 1. The minimum Gasteiger partial charge on any atom is -0.300 e. The summed E-state index contributed by atoms with van der Waals surface area (Å²) in [6.45, 7) is 8.23. The normalized spacial score (nSPS) is 31.8. The molecule has 0 bridgehead atoms. The average Bonchev–Trinajstić information content (AvgIpc) is 3.06. The van der Waals surface area contributed by atoms with Crippen molar-refractivity contribution in [2.45, 2.75) is 32.4 Å². The summed E-state index contributed by atoms with van der Waals surface area (Å²) in [5.74, 6) is 1.80. The first kappa shape index (κ1) is 11.8. The highest BCUT2D eigenvalue weighted by Gasteiger charge is 2.44. The van der Waals surface area contributed by atoms with Gasteiger partial charge in [-0.1, -0.05) is 0 Å². The topological polar surface area (TPSA) is 32.3 Å². The molecule has 0 aromatic carbocycles. The first-order valence-corrected chi connectivity index (χ1v) is 7.52. The summed E-state index contributed by atoms with van der Waals surface area (Å²) >= 11 is 0. The second kappa shape index (κ2) is 4.53. The van der Waals surface area contributed by atoms with Crippen LogP contribution in [-0.2, 0) is 6.54 Å². The Balaban J connectivity index is 1.37. The highest BCUT2D eigenvalue weighted by molar-refractivity contribution is 5.09. The number of likely N-dealkylation sites (tertiary alicyclic amines) is 2. The second-order valence-corrected chi connectivity index (χ2v) is 6.49. The lowest BCUT2D eigenvalue weighted by Gasteiger charge is -2.21. The monoisotopic (exact) mass is 258 g/mol. The zero-order valence-corrected chi connectivity index (χ0v) is 11.6. The quantitative estimate of drug-likeness (QED) is 0.818. The van der Waals surface area contributed by atoms with E-state index in [9.17, 15) is 0 Å². The van der Waals surface area contributed by atoms with Gasteiger partial charge in [-0.25, -0.2) is 0 Å². The molecule has 0 spiro atoms. The van der Waals surface area contributed by atoms with Crippen molar-refractivity contribution >= 4 is 0 Å². The summed E-state index contributed by atoms with van der Waals surface area (Å²) in [6.07, 6.45) is 6.49. The Morgan fingerprint density at radius 3 is 2.37 bits per heavy atom. The van der Waals surface area contributed by atoms with Crippen molar-refractivity contribution in [1.29, 1.82) is 0 Å². The van der Waals surface area contributed by atoms with E-state index >= 15 is 0 Å². The lowest BCUT2D eigenvalue weighted by Crippen LogP contribution is -2.30. The van der Waals surface area contributed by atoms with E-state index in [1.165, 1.54) is 39.0 Å². The molecule has 1 saturated carbocycles. The van der Waals surface area contributed by atoms with Gasteiger partial charge in [-0.2, -0.15) is 0 Å². The van der Waals surface area contributed by atoms with Crippen LogP contribution in [0.1, 0.15) is 24.2 Å². The predicted octanol–water partition coefficient (Wildman–Crippen LogP) is 1.31. The van der Waals surface area contributed by atoms with Crippen LogP contribution in [0.15, 0.2) is 12.4 Å². The number of fused-ring (bicyclic) bond motifs is 1. The summed E-state index contributed by atoms with van der Waals surface area (Å²) in [4.78, 5) is 14.1. The van der Waals surface area contributed by atoms with Crippen molar-refractivity contribution in [3.8, 4) is 0 Å². The zero-order valence-electron chi connectivity index (χ0n) is 11.6. The summed E-state index contributed by atoms with van der Waals surface area (Å²) in [6, 6.07) is 0.946. The molecule has 0 amide bonds. The van der Waals surface area contributed by atoms with Crippen molar-refractivity contribution in [2.75, 3.05) is 26.2 Å². The molecule has 102 valence electrons. The van der Waals surface area contributed by atoms with E-state index in [0.29, 0.717) is 0 Å². The molecule has 19 heavy (non-hydrogen) atoms. The maximum Gasteiger partial charge on any atom is 0.0756 e. The van der Waals surface area contributed by atoms with Crippen LogP contribution >= 0.6 is 0 Å². The fourth-order valence-electron chi connectivity index (χ4n) is 3.80. The van der Waals surface area contributed by atoms with Gasteiger partial charge in [0.1, 0.15) is 0 Å². The molecule has 2 saturated heterocycles. The predicted molar refractivity (Wildman–Crippen MR) is 73.6 cm³/mol. The van der Waals surface area contributed by atoms with Crippen LogP contribution < -0.4 is 0 Å². The van der Waals surface area contributed by atoms with Crippen LogP contribution in [0.5, 0.6) is 0 Å². The Morgan fingerprint density at radius 1 is 1.05 bits per heavy atom. The molecular formula is C15H22N4. The highest BCUT2D eigenvalue weighted by Crippen LogP contribution is 2.38. The largest absolute Gasteiger partial charge is 0.300 e. The number of rotatable bonds is 3. The second-order valence-electron chi connectivity index (χ2n) is 6.49. The molecule has 4 nitrogen and oxygen atoms in total. The SMILES string of the molecule is Cc1nccnc1CN1CC2CN(C3CC3)CC2C1. The molecule has 2 unspecified atom stereocenters. The highest BCUT2D eigenvalue weighted by atomic mass is 15.3. The van der Waals surface area contributed by atoms with E-state index in [2.05, 4.69) is 26.7 Å². The van der Waals surface area contributed by atoms with Crippen LogP contribution in [0.2, 0.25) is 0 Å². The number of nitrogens with zero attached hydrogens (tertiary/aromatic N) is 4. The van der Waals surface area contributed by atoms with Crippen LogP contribution in [0.4, 0.5) is 0 Å². The molecule has 4 rings (SSSR count). The Morgan fingerprint density at radius 2 is 1.74 bits per heavy atom. The molecule has 2 atom stereocenters. The lowest BCUT2D eigenvalue weighted by atomic mass is 10.0. The van der Waals surface area contributed by atoms with E-state index in [4.69, 9.17) is 0 Å². The molecule has 1 aromatic heterocycles. The molecule has 0 N–H and O–H groups in total. The average molecular weight is 258 g/mol. The third-order valence-corrected chi connectivity index (χ3v) is 5.01. The third-order valence-electron chi connectivity index (χ3n) is 5.01. The number of aromatic nitrogens is 2. The van der Waals surface area contributed by atoms with E-state index in [0.717, 1.165) is 35.8 Å². The Kier molecular flexibility index (Phi) is 2.81. The molecule has 3 aliphatic rings. The molecule has 1 aliphatic carbocycles. The summed E-state index contributed by atoms with van der Waals surface area (Å²) < 4.78 is 0. The minimum absolute atomic E-state index is 0.901. The Hall–Kier alpha value is -1.00. The smallest absolute Gasteiger partial charge is 0.0756 e. The van der Waals surface area contributed by atoms with Gasteiger partial charge in [-0.15, -0.1) is 0 Å². The van der Waals surface area contributed by atoms with E-state index in [1.54, 1.807) is 6.20 Å². The minimum atomic E-state index is 0.901. The van der Waals surface area contributed by atoms with Gasteiger partial charge in [-0.05, 0) is 31.6 Å². The van der Waals surface area contributed by atoms with Gasteiger partial charge in [0.05, 0.1) is 11.4 Å². The third kappa shape index (κ3) is 2.28. The first-order valence-electron chi connectivity index (χ1n) is 7.52. The van der Waals surface area contributed by atoms with Gasteiger partial charge in [0.2, 0.25) is 0 Å². The van der Waals surface area contributed by atoms with Crippen LogP contribution in [0, 0.1) is 18.8 Å². The van der Waals surface area contributed by atoms with Gasteiger partial charge < -0.3 is 0 Å². The van der Waals surface area contributed by atoms with Crippen LogP contribution in [0.3, 0.4) is 0 Å². The van der Waals surface area contributed by atoms with Crippen molar-refractivity contribution in [2.24, 2.45) is 11.8 Å². The summed E-state index contributed by atoms with van der Waals surface area (Å²) in [5, 5.41) is 0. The number of hydrogen-bond acceptors (Lipinski definition) is 4. The molecule has 3 heterocycles. The van der Waals surface area contributed by atoms with Gasteiger partial charge in [0.25, 0.3) is 0 Å². The van der Waals surface area contributed by atoms with E-state index in [1.807, 2.05) is 6.20 Å². The van der Waals surface area contributed by atoms with Crippen molar-refractivity contribution in [3.63, 3.8) is 0 Å². The molecule has 4 heteroatoms.